The second-order valence-corrected chi connectivity index (χ2v) is 6.81. The van der Waals surface area contributed by atoms with E-state index in [1.54, 1.807) is 12.3 Å². The Morgan fingerprint density at radius 1 is 1.25 bits per heavy atom. The lowest BCUT2D eigenvalue weighted by Gasteiger charge is -2.11. The van der Waals surface area contributed by atoms with E-state index >= 15 is 0 Å². The van der Waals surface area contributed by atoms with E-state index in [9.17, 15) is 4.79 Å². The van der Waals surface area contributed by atoms with Crippen LogP contribution in [0.5, 0.6) is 0 Å². The Bertz CT molecular complexity index is 997. The Kier molecular flexibility index (Phi) is 9.71. The van der Waals surface area contributed by atoms with Gasteiger partial charge in [0.05, 0.1) is 36.3 Å². The molecule has 0 fully saturated rings. The Morgan fingerprint density at radius 2 is 2.06 bits per heavy atom. The number of aromatic nitrogens is 3. The molecule has 1 amide bonds. The van der Waals surface area contributed by atoms with Crippen molar-refractivity contribution in [2.45, 2.75) is 39.5 Å². The molecule has 0 bridgehead atoms. The van der Waals surface area contributed by atoms with Gasteiger partial charge in [-0.05, 0) is 18.9 Å². The van der Waals surface area contributed by atoms with Crippen molar-refractivity contribution >= 4 is 35.1 Å². The first-order chi connectivity index (χ1) is 15.5. The molecule has 2 rings (SSSR count). The van der Waals surface area contributed by atoms with E-state index in [1.807, 2.05) is 6.92 Å². The molecule has 0 aliphatic rings. The summed E-state index contributed by atoms with van der Waals surface area (Å²) in [4.78, 5) is 24.2. The number of carbonyl (C=O) groups is 1. The standard InChI is InChI=1S/C22H30N8O2/c1-4-10-26-21-15(9-7-6-8-11-25-18(31)5-2)13-28-22(30-21)29-16-12-17(20(24)32-3)19(23)27-14-16/h12-14,24H,4-6,8,10-11H2,1-3H3,(H2,23,27)(H,25,31)(H2,26,28,29,30). The van der Waals surface area contributed by atoms with Gasteiger partial charge in [-0.1, -0.05) is 25.7 Å². The summed E-state index contributed by atoms with van der Waals surface area (Å²) >= 11 is 0. The molecule has 32 heavy (non-hydrogen) atoms. The van der Waals surface area contributed by atoms with Gasteiger partial charge in [-0.2, -0.15) is 4.98 Å². The van der Waals surface area contributed by atoms with E-state index in [1.165, 1.54) is 13.3 Å². The van der Waals surface area contributed by atoms with Crippen molar-refractivity contribution in [3.8, 4) is 11.8 Å². The Hall–Kier alpha value is -3.87. The molecule has 0 radical (unpaired) electrons. The number of anilines is 4. The Morgan fingerprint density at radius 3 is 2.78 bits per heavy atom. The highest BCUT2D eigenvalue weighted by molar-refractivity contribution is 5.97. The Balaban J connectivity index is 2.12. The number of rotatable bonds is 10. The fraction of sp³-hybridized carbons (Fsp3) is 0.409. The van der Waals surface area contributed by atoms with Crippen LogP contribution in [0.4, 0.5) is 23.3 Å². The average molecular weight is 439 g/mol. The maximum Gasteiger partial charge on any atom is 0.229 e. The number of ether oxygens (including phenoxy) is 1. The topological polar surface area (TPSA) is 151 Å². The number of nitrogens with two attached hydrogens (primary N) is 1. The van der Waals surface area contributed by atoms with Crippen LogP contribution in [-0.2, 0) is 9.53 Å². The molecule has 6 N–H and O–H groups in total. The maximum absolute atomic E-state index is 11.3. The Labute approximate surface area is 188 Å². The molecule has 0 aromatic carbocycles. The third-order valence-corrected chi connectivity index (χ3v) is 4.30. The highest BCUT2D eigenvalue weighted by Crippen LogP contribution is 2.20. The smallest absolute Gasteiger partial charge is 0.229 e. The van der Waals surface area contributed by atoms with Gasteiger partial charge >= 0.3 is 0 Å². The summed E-state index contributed by atoms with van der Waals surface area (Å²) in [5, 5.41) is 17.0. The molecule has 2 aromatic rings. The van der Waals surface area contributed by atoms with Gasteiger partial charge in [-0.15, -0.1) is 0 Å². The number of carbonyl (C=O) groups excluding carboxylic acids is 1. The van der Waals surface area contributed by atoms with Crippen LogP contribution >= 0.6 is 0 Å². The second kappa shape index (κ2) is 12.7. The zero-order valence-corrected chi connectivity index (χ0v) is 18.7. The minimum Gasteiger partial charge on any atom is -0.481 e. The molecular formula is C22H30N8O2. The molecule has 10 heteroatoms. The highest BCUT2D eigenvalue weighted by atomic mass is 16.5. The van der Waals surface area contributed by atoms with Crippen LogP contribution in [0.2, 0.25) is 0 Å². The van der Waals surface area contributed by atoms with Crippen molar-refractivity contribution in [1.82, 2.24) is 20.3 Å². The molecule has 0 unspecified atom stereocenters. The zero-order valence-electron chi connectivity index (χ0n) is 18.7. The van der Waals surface area contributed by atoms with Crippen LogP contribution < -0.4 is 21.7 Å². The van der Waals surface area contributed by atoms with Gasteiger partial charge < -0.3 is 26.4 Å². The molecule has 2 heterocycles. The minimum atomic E-state index is -0.0789. The number of unbranched alkanes of at least 4 members (excludes halogenated alkanes) is 1. The fourth-order valence-corrected chi connectivity index (χ4v) is 2.56. The number of nitrogen functional groups attached to an aromatic ring is 1. The number of hydrogen-bond acceptors (Lipinski definition) is 9. The summed E-state index contributed by atoms with van der Waals surface area (Å²) in [6.07, 6.45) is 6.04. The summed E-state index contributed by atoms with van der Waals surface area (Å²) in [6, 6.07) is 1.65. The summed E-state index contributed by atoms with van der Waals surface area (Å²) in [5.74, 6) is 7.37. The van der Waals surface area contributed by atoms with Crippen molar-refractivity contribution < 1.29 is 9.53 Å². The molecule has 0 spiro atoms. The molecule has 10 nitrogen and oxygen atoms in total. The molecule has 0 aliphatic heterocycles. The summed E-state index contributed by atoms with van der Waals surface area (Å²) in [7, 11) is 1.40. The van der Waals surface area contributed by atoms with Gasteiger partial charge in [-0.25, -0.2) is 9.97 Å². The van der Waals surface area contributed by atoms with E-state index in [0.717, 1.165) is 19.4 Å². The van der Waals surface area contributed by atoms with E-state index in [2.05, 4.69) is 49.7 Å². The minimum absolute atomic E-state index is 0.0444. The van der Waals surface area contributed by atoms with Crippen molar-refractivity contribution in [2.24, 2.45) is 0 Å². The van der Waals surface area contributed by atoms with Gasteiger partial charge in [0.15, 0.2) is 0 Å². The predicted molar refractivity (Wildman–Crippen MR) is 126 cm³/mol. The van der Waals surface area contributed by atoms with Crippen molar-refractivity contribution in [3.05, 3.63) is 29.6 Å². The van der Waals surface area contributed by atoms with Crippen molar-refractivity contribution in [3.63, 3.8) is 0 Å². The van der Waals surface area contributed by atoms with Gasteiger partial charge in [0.25, 0.3) is 0 Å². The van der Waals surface area contributed by atoms with Crippen LogP contribution in [0, 0.1) is 17.3 Å². The van der Waals surface area contributed by atoms with Gasteiger partial charge in [0.1, 0.15) is 11.6 Å². The third kappa shape index (κ3) is 7.43. The predicted octanol–water partition coefficient (Wildman–Crippen LogP) is 2.65. The first-order valence-corrected chi connectivity index (χ1v) is 10.5. The number of nitrogens with zero attached hydrogens (tertiary/aromatic N) is 3. The fourth-order valence-electron chi connectivity index (χ4n) is 2.56. The lowest BCUT2D eigenvalue weighted by Crippen LogP contribution is -2.22. The number of methoxy groups -OCH3 is 1. The number of amides is 1. The maximum atomic E-state index is 11.3. The lowest BCUT2D eigenvalue weighted by molar-refractivity contribution is -0.120. The van der Waals surface area contributed by atoms with E-state index in [0.29, 0.717) is 48.0 Å². The van der Waals surface area contributed by atoms with E-state index in [4.69, 9.17) is 15.9 Å². The van der Waals surface area contributed by atoms with Crippen molar-refractivity contribution in [2.75, 3.05) is 36.6 Å². The van der Waals surface area contributed by atoms with Gasteiger partial charge in [0, 0.05) is 25.9 Å². The van der Waals surface area contributed by atoms with Crippen molar-refractivity contribution in [1.29, 1.82) is 5.41 Å². The number of hydrogen-bond donors (Lipinski definition) is 5. The van der Waals surface area contributed by atoms with Crippen LogP contribution in [0.1, 0.15) is 50.7 Å². The van der Waals surface area contributed by atoms with Crippen LogP contribution in [0.25, 0.3) is 0 Å². The second-order valence-electron chi connectivity index (χ2n) is 6.81. The molecular weight excluding hydrogens is 408 g/mol. The van der Waals surface area contributed by atoms with E-state index < -0.39 is 0 Å². The normalized spacial score (nSPS) is 9.97. The average Bonchev–Trinajstić information content (AvgIpc) is 2.81. The summed E-state index contributed by atoms with van der Waals surface area (Å²) in [5.41, 5.74) is 7.46. The van der Waals surface area contributed by atoms with Crippen LogP contribution in [0.3, 0.4) is 0 Å². The first kappa shape index (κ1) is 24.4. The molecule has 0 saturated heterocycles. The van der Waals surface area contributed by atoms with Crippen LogP contribution in [0.15, 0.2) is 18.5 Å². The number of nitrogens with one attached hydrogen (secondary N) is 4. The van der Waals surface area contributed by atoms with Gasteiger partial charge in [0.2, 0.25) is 17.8 Å². The lowest BCUT2D eigenvalue weighted by atomic mass is 10.2. The first-order valence-electron chi connectivity index (χ1n) is 10.5. The molecule has 170 valence electrons. The van der Waals surface area contributed by atoms with E-state index in [-0.39, 0.29) is 17.6 Å². The quantitative estimate of drug-likeness (QED) is 0.164. The zero-order chi connectivity index (χ0) is 23.3. The molecule has 0 saturated carbocycles. The third-order valence-electron chi connectivity index (χ3n) is 4.30. The molecule has 2 aromatic heterocycles. The largest absolute Gasteiger partial charge is 0.481 e. The monoisotopic (exact) mass is 438 g/mol. The van der Waals surface area contributed by atoms with Crippen LogP contribution in [-0.4, -0.2) is 47.0 Å². The summed E-state index contributed by atoms with van der Waals surface area (Å²) < 4.78 is 4.94. The SMILES string of the molecule is CCCNc1nc(Nc2cnc(N)c(C(=N)OC)c2)ncc1C#CCCCNC(=O)CC. The number of pyridine rings is 1. The van der Waals surface area contributed by atoms with Gasteiger partial charge in [-0.3, -0.25) is 10.2 Å². The molecule has 0 aliphatic carbocycles. The molecule has 0 atom stereocenters. The highest BCUT2D eigenvalue weighted by Gasteiger charge is 2.11. The summed E-state index contributed by atoms with van der Waals surface area (Å²) in [6.45, 7) is 5.24.